The van der Waals surface area contributed by atoms with E-state index in [4.69, 9.17) is 14.2 Å². The molecule has 2 fully saturated rings. The van der Waals surface area contributed by atoms with Crippen molar-refractivity contribution >= 4 is 5.97 Å². The van der Waals surface area contributed by atoms with Crippen molar-refractivity contribution in [2.75, 3.05) is 27.2 Å². The molecule has 2 aliphatic carbocycles. The monoisotopic (exact) mass is 514 g/mol. The summed E-state index contributed by atoms with van der Waals surface area (Å²) in [5, 5.41) is 12.0. The zero-order valence-corrected chi connectivity index (χ0v) is 22.1. The van der Waals surface area contributed by atoms with E-state index >= 15 is 0 Å². The molecule has 38 heavy (non-hydrogen) atoms. The normalized spacial score (nSPS) is 24.7. The lowest BCUT2D eigenvalue weighted by molar-refractivity contribution is -0.918. The van der Waals surface area contributed by atoms with Gasteiger partial charge in [-0.25, -0.2) is 4.79 Å². The first-order valence-electron chi connectivity index (χ1n) is 13.7. The van der Waals surface area contributed by atoms with Crippen LogP contribution in [-0.2, 0) is 15.1 Å². The number of benzene rings is 3. The average Bonchev–Trinajstić information content (AvgIpc) is 3.49. The Morgan fingerprint density at radius 1 is 0.947 bits per heavy atom. The summed E-state index contributed by atoms with van der Waals surface area (Å²) in [7, 11) is 4.57. The van der Waals surface area contributed by atoms with Crippen LogP contribution in [-0.4, -0.2) is 55.0 Å². The molecular formula is C32H36NO5+. The highest BCUT2D eigenvalue weighted by atomic mass is 16.6. The van der Waals surface area contributed by atoms with E-state index in [1.165, 1.54) is 0 Å². The van der Waals surface area contributed by atoms with Crippen LogP contribution in [0, 0.1) is 11.8 Å². The lowest BCUT2D eigenvalue weighted by Gasteiger charge is -2.40. The Labute approximate surface area is 224 Å². The zero-order chi connectivity index (χ0) is 26.3. The van der Waals surface area contributed by atoms with Crippen LogP contribution in [0.15, 0.2) is 78.9 Å². The Bertz CT molecular complexity index is 1260. The number of ether oxygens (including phenoxy) is 3. The van der Waals surface area contributed by atoms with E-state index in [9.17, 15) is 9.90 Å². The summed E-state index contributed by atoms with van der Waals surface area (Å²) in [5.74, 6) is 1.86. The smallest absolute Gasteiger partial charge is 0.348 e. The van der Waals surface area contributed by atoms with Crippen LogP contribution in [0.1, 0.15) is 36.8 Å². The highest BCUT2D eigenvalue weighted by molar-refractivity contribution is 5.88. The Morgan fingerprint density at radius 3 is 2.26 bits per heavy atom. The van der Waals surface area contributed by atoms with E-state index in [1.54, 1.807) is 24.3 Å². The summed E-state index contributed by atoms with van der Waals surface area (Å²) < 4.78 is 19.1. The topological polar surface area (TPSA) is 65.0 Å². The SMILES string of the molecule is C[N+](C)(CCCOc1ccccc1)[C@H]1CC2CCC1C2OC(=O)C1(O)c2ccccc2Oc2ccccc21. The Morgan fingerprint density at radius 2 is 1.58 bits per heavy atom. The van der Waals surface area contributed by atoms with Crippen molar-refractivity contribution < 1.29 is 28.6 Å². The van der Waals surface area contributed by atoms with E-state index in [2.05, 4.69) is 14.1 Å². The summed E-state index contributed by atoms with van der Waals surface area (Å²) in [6.45, 7) is 1.67. The number of nitrogens with zero attached hydrogens (tertiary/aromatic N) is 1. The third-order valence-corrected chi connectivity index (χ3v) is 8.90. The molecule has 1 heterocycles. The predicted molar refractivity (Wildman–Crippen MR) is 144 cm³/mol. The van der Waals surface area contributed by atoms with Gasteiger partial charge in [0.05, 0.1) is 33.3 Å². The van der Waals surface area contributed by atoms with Crippen LogP contribution >= 0.6 is 0 Å². The van der Waals surface area contributed by atoms with Crippen molar-refractivity contribution in [3.05, 3.63) is 90.0 Å². The molecule has 0 saturated heterocycles. The summed E-state index contributed by atoms with van der Waals surface area (Å²) in [6, 6.07) is 24.7. The molecule has 0 radical (unpaired) electrons. The Balaban J connectivity index is 1.16. The van der Waals surface area contributed by atoms with Gasteiger partial charge >= 0.3 is 5.97 Å². The first-order chi connectivity index (χ1) is 18.4. The molecule has 0 aromatic heterocycles. The number of carbonyl (C=O) groups is 1. The van der Waals surface area contributed by atoms with Crippen LogP contribution in [0.2, 0.25) is 0 Å². The zero-order valence-electron chi connectivity index (χ0n) is 22.1. The molecule has 3 aromatic carbocycles. The minimum Gasteiger partial charge on any atom is -0.493 e. The molecule has 198 valence electrons. The van der Waals surface area contributed by atoms with Gasteiger partial charge in [0.15, 0.2) is 0 Å². The maximum absolute atomic E-state index is 13.9. The average molecular weight is 515 g/mol. The van der Waals surface area contributed by atoms with Gasteiger partial charge in [0.2, 0.25) is 5.60 Å². The molecule has 6 rings (SSSR count). The van der Waals surface area contributed by atoms with Gasteiger partial charge in [-0.3, -0.25) is 0 Å². The van der Waals surface area contributed by atoms with Crippen LogP contribution in [0.3, 0.4) is 0 Å². The number of fused-ring (bicyclic) bond motifs is 4. The molecule has 6 heteroatoms. The minimum atomic E-state index is -1.90. The molecular weight excluding hydrogens is 478 g/mol. The fraction of sp³-hybridized carbons (Fsp3) is 0.406. The van der Waals surface area contributed by atoms with Crippen molar-refractivity contribution in [3.8, 4) is 17.2 Å². The standard InChI is InChI=1S/C32H36NO5/c1-33(2,19-10-20-36-23-11-4-3-5-12-23)27-21-22-17-18-24(27)30(22)38-31(34)32(35)25-13-6-8-15-28(25)37-29-16-9-7-14-26(29)32/h3-9,11-16,22,24,27,30,35H,10,17-21H2,1-2H3/q+1/t22?,24?,27-,30?/m0/s1. The van der Waals surface area contributed by atoms with E-state index in [-0.39, 0.29) is 12.0 Å². The van der Waals surface area contributed by atoms with E-state index in [1.807, 2.05) is 54.6 Å². The predicted octanol–water partition coefficient (Wildman–Crippen LogP) is 5.28. The Hall–Kier alpha value is -3.35. The number of para-hydroxylation sites is 3. The fourth-order valence-corrected chi connectivity index (χ4v) is 6.97. The number of aliphatic hydroxyl groups is 1. The molecule has 6 nitrogen and oxygen atoms in total. The van der Waals surface area contributed by atoms with Gasteiger partial charge in [-0.15, -0.1) is 0 Å². The summed E-state index contributed by atoms with van der Waals surface area (Å²) >= 11 is 0. The lowest BCUT2D eigenvalue weighted by Crippen LogP contribution is -2.53. The molecule has 0 spiro atoms. The van der Waals surface area contributed by atoms with Gasteiger partial charge in [-0.2, -0.15) is 0 Å². The second kappa shape index (κ2) is 9.75. The number of carbonyl (C=O) groups excluding carboxylic acids is 1. The van der Waals surface area contributed by atoms with Crippen molar-refractivity contribution in [1.29, 1.82) is 0 Å². The van der Waals surface area contributed by atoms with Crippen LogP contribution in [0.25, 0.3) is 0 Å². The second-order valence-corrected chi connectivity index (χ2v) is 11.5. The van der Waals surface area contributed by atoms with E-state index in [0.29, 0.717) is 41.2 Å². The summed E-state index contributed by atoms with van der Waals surface area (Å²) in [4.78, 5) is 13.9. The van der Waals surface area contributed by atoms with Crippen LogP contribution in [0.5, 0.6) is 17.2 Å². The number of esters is 1. The molecule has 1 N–H and O–H groups in total. The third-order valence-electron chi connectivity index (χ3n) is 8.90. The number of hydrogen-bond donors (Lipinski definition) is 1. The first kappa shape index (κ1) is 25.0. The highest BCUT2D eigenvalue weighted by Crippen LogP contribution is 2.52. The van der Waals surface area contributed by atoms with Crippen molar-refractivity contribution in [1.82, 2.24) is 0 Å². The largest absolute Gasteiger partial charge is 0.493 e. The lowest BCUT2D eigenvalue weighted by atomic mass is 9.83. The first-order valence-corrected chi connectivity index (χ1v) is 13.7. The molecule has 3 unspecified atom stereocenters. The maximum Gasteiger partial charge on any atom is 0.348 e. The molecule has 3 aromatic rings. The van der Waals surface area contributed by atoms with Crippen LogP contribution in [0.4, 0.5) is 0 Å². The molecule has 4 atom stereocenters. The molecule has 2 bridgehead atoms. The number of hydrogen-bond acceptors (Lipinski definition) is 5. The minimum absolute atomic E-state index is 0.184. The molecule has 0 amide bonds. The van der Waals surface area contributed by atoms with E-state index < -0.39 is 11.6 Å². The van der Waals surface area contributed by atoms with Gasteiger partial charge in [-0.05, 0) is 37.1 Å². The summed E-state index contributed by atoms with van der Waals surface area (Å²) in [5.41, 5.74) is -1.04. The van der Waals surface area contributed by atoms with Crippen molar-refractivity contribution in [2.45, 2.75) is 43.4 Å². The summed E-state index contributed by atoms with van der Waals surface area (Å²) in [6.07, 6.45) is 3.91. The van der Waals surface area contributed by atoms with Gasteiger partial charge in [-0.1, -0.05) is 54.6 Å². The fourth-order valence-electron chi connectivity index (χ4n) is 6.97. The van der Waals surface area contributed by atoms with Crippen LogP contribution < -0.4 is 9.47 Å². The molecule has 3 aliphatic rings. The van der Waals surface area contributed by atoms with Crippen molar-refractivity contribution in [3.63, 3.8) is 0 Å². The number of rotatable bonds is 8. The van der Waals surface area contributed by atoms with Gasteiger partial charge in [0.25, 0.3) is 0 Å². The third kappa shape index (κ3) is 4.26. The molecule has 1 aliphatic heterocycles. The van der Waals surface area contributed by atoms with Gasteiger partial charge in [0.1, 0.15) is 23.4 Å². The Kier molecular flexibility index (Phi) is 6.40. The van der Waals surface area contributed by atoms with Crippen molar-refractivity contribution in [2.24, 2.45) is 11.8 Å². The molecule has 2 saturated carbocycles. The second-order valence-electron chi connectivity index (χ2n) is 11.5. The maximum atomic E-state index is 13.9. The van der Waals surface area contributed by atoms with Gasteiger partial charge < -0.3 is 23.8 Å². The van der Waals surface area contributed by atoms with E-state index in [0.717, 1.165) is 42.5 Å². The highest BCUT2D eigenvalue weighted by Gasteiger charge is 2.58. The quantitative estimate of drug-likeness (QED) is 0.252. The van der Waals surface area contributed by atoms with Gasteiger partial charge in [0, 0.05) is 35.8 Å². The number of quaternary nitrogens is 1.